The second kappa shape index (κ2) is 5.12. The van der Waals surface area contributed by atoms with Crippen LogP contribution in [-0.4, -0.2) is 22.1 Å². The van der Waals surface area contributed by atoms with Gasteiger partial charge in [-0.2, -0.15) is 4.98 Å². The molecule has 6 heteroatoms. The van der Waals surface area contributed by atoms with Crippen molar-refractivity contribution in [3.05, 3.63) is 36.0 Å². The van der Waals surface area contributed by atoms with Crippen LogP contribution in [0.25, 0.3) is 0 Å². The van der Waals surface area contributed by atoms with Gasteiger partial charge in [-0.05, 0) is 31.9 Å². The smallest absolute Gasteiger partial charge is 0.246 e. The number of nitrogens with zero attached hydrogens (tertiary/aromatic N) is 3. The number of benzene rings is 1. The third kappa shape index (κ3) is 2.45. The number of amides is 1. The fourth-order valence-electron chi connectivity index (χ4n) is 2.87. The van der Waals surface area contributed by atoms with Gasteiger partial charge in [0.2, 0.25) is 11.8 Å². The van der Waals surface area contributed by atoms with E-state index < -0.39 is 0 Å². The van der Waals surface area contributed by atoms with E-state index in [2.05, 4.69) is 20.4 Å². The molecule has 6 nitrogen and oxygen atoms in total. The van der Waals surface area contributed by atoms with Crippen molar-refractivity contribution in [2.24, 2.45) is 0 Å². The standard InChI is InChI=1S/C16H18N4O2/c1-10-8-14(21)17-12-4-2-3-5-13(12)20(10)9-15-18-16(19-22-15)11-6-7-11/h2-5,10-11H,6-9H2,1H3,(H,17,21). The molecule has 1 atom stereocenters. The highest BCUT2D eigenvalue weighted by molar-refractivity contribution is 5.96. The van der Waals surface area contributed by atoms with Gasteiger partial charge in [-0.1, -0.05) is 17.3 Å². The van der Waals surface area contributed by atoms with Crippen molar-refractivity contribution >= 4 is 17.3 Å². The Morgan fingerprint density at radius 2 is 2.18 bits per heavy atom. The Morgan fingerprint density at radius 1 is 1.36 bits per heavy atom. The molecule has 1 saturated carbocycles. The molecule has 1 amide bonds. The molecule has 0 spiro atoms. The van der Waals surface area contributed by atoms with Gasteiger partial charge >= 0.3 is 0 Å². The SMILES string of the molecule is CC1CC(=O)Nc2ccccc2N1Cc1nc(C2CC2)no1. The van der Waals surface area contributed by atoms with Gasteiger partial charge in [-0.3, -0.25) is 4.79 Å². The number of hydrogen-bond donors (Lipinski definition) is 1. The van der Waals surface area contributed by atoms with Gasteiger partial charge in [0, 0.05) is 18.4 Å². The monoisotopic (exact) mass is 298 g/mol. The zero-order valence-corrected chi connectivity index (χ0v) is 12.5. The first-order chi connectivity index (χ1) is 10.7. The summed E-state index contributed by atoms with van der Waals surface area (Å²) in [6.45, 7) is 2.56. The lowest BCUT2D eigenvalue weighted by molar-refractivity contribution is -0.116. The van der Waals surface area contributed by atoms with Crippen LogP contribution in [0, 0.1) is 0 Å². The molecule has 1 N–H and O–H groups in total. The molecule has 1 aliphatic heterocycles. The Labute approximate surface area is 128 Å². The minimum absolute atomic E-state index is 0.0339. The summed E-state index contributed by atoms with van der Waals surface area (Å²) >= 11 is 0. The number of rotatable bonds is 3. The summed E-state index contributed by atoms with van der Waals surface area (Å²) in [4.78, 5) is 18.6. The number of fused-ring (bicyclic) bond motifs is 1. The summed E-state index contributed by atoms with van der Waals surface area (Å²) in [7, 11) is 0. The maximum Gasteiger partial charge on any atom is 0.246 e. The van der Waals surface area contributed by atoms with Gasteiger partial charge in [0.1, 0.15) is 0 Å². The normalized spacial score (nSPS) is 21.2. The van der Waals surface area contributed by atoms with E-state index >= 15 is 0 Å². The summed E-state index contributed by atoms with van der Waals surface area (Å²) < 4.78 is 5.39. The van der Waals surface area contributed by atoms with Crippen LogP contribution in [-0.2, 0) is 11.3 Å². The minimum atomic E-state index is 0.0339. The predicted octanol–water partition coefficient (Wildman–Crippen LogP) is 2.68. The Kier molecular flexibility index (Phi) is 3.10. The van der Waals surface area contributed by atoms with E-state index in [1.54, 1.807) is 0 Å². The Balaban J connectivity index is 1.64. The number of aromatic nitrogens is 2. The van der Waals surface area contributed by atoms with Crippen LogP contribution in [0.2, 0.25) is 0 Å². The van der Waals surface area contributed by atoms with Gasteiger partial charge in [-0.15, -0.1) is 0 Å². The molecule has 1 unspecified atom stereocenters. The number of para-hydroxylation sites is 2. The molecule has 1 aromatic carbocycles. The van der Waals surface area contributed by atoms with E-state index in [0.29, 0.717) is 24.8 Å². The van der Waals surface area contributed by atoms with E-state index in [-0.39, 0.29) is 11.9 Å². The predicted molar refractivity (Wildman–Crippen MR) is 81.6 cm³/mol. The molecule has 0 saturated heterocycles. The van der Waals surface area contributed by atoms with E-state index in [9.17, 15) is 4.79 Å². The topological polar surface area (TPSA) is 71.3 Å². The third-order valence-electron chi connectivity index (χ3n) is 4.23. The van der Waals surface area contributed by atoms with Gasteiger partial charge in [0.05, 0.1) is 17.9 Å². The van der Waals surface area contributed by atoms with Crippen LogP contribution in [0.15, 0.2) is 28.8 Å². The van der Waals surface area contributed by atoms with Gasteiger partial charge < -0.3 is 14.7 Å². The Morgan fingerprint density at radius 3 is 3.00 bits per heavy atom. The first-order valence-electron chi connectivity index (χ1n) is 7.68. The summed E-state index contributed by atoms with van der Waals surface area (Å²) in [5.74, 6) is 1.94. The van der Waals surface area contributed by atoms with Crippen molar-refractivity contribution < 1.29 is 9.32 Å². The highest BCUT2D eigenvalue weighted by Crippen LogP contribution is 2.38. The maximum absolute atomic E-state index is 12.0. The van der Waals surface area contributed by atoms with Crippen molar-refractivity contribution in [3.63, 3.8) is 0 Å². The second-order valence-electron chi connectivity index (χ2n) is 6.07. The van der Waals surface area contributed by atoms with Crippen LogP contribution in [0.3, 0.4) is 0 Å². The maximum atomic E-state index is 12.0. The van der Waals surface area contributed by atoms with Gasteiger partial charge in [-0.25, -0.2) is 0 Å². The average Bonchev–Trinajstić information content (AvgIpc) is 3.26. The van der Waals surface area contributed by atoms with Gasteiger partial charge in [0.25, 0.3) is 0 Å². The lowest BCUT2D eigenvalue weighted by Crippen LogP contribution is -2.33. The Hall–Kier alpha value is -2.37. The fourth-order valence-corrected chi connectivity index (χ4v) is 2.87. The number of anilines is 2. The first-order valence-corrected chi connectivity index (χ1v) is 7.68. The quantitative estimate of drug-likeness (QED) is 0.943. The molecule has 2 aromatic rings. The number of carbonyl (C=O) groups is 1. The first kappa shape index (κ1) is 13.3. The number of hydrogen-bond acceptors (Lipinski definition) is 5. The summed E-state index contributed by atoms with van der Waals surface area (Å²) in [6.07, 6.45) is 2.75. The van der Waals surface area contributed by atoms with Crippen molar-refractivity contribution in [2.75, 3.05) is 10.2 Å². The molecular formula is C16H18N4O2. The van der Waals surface area contributed by atoms with Crippen LogP contribution in [0.5, 0.6) is 0 Å². The Bertz CT molecular complexity index is 708. The van der Waals surface area contributed by atoms with Crippen molar-refractivity contribution in [3.8, 4) is 0 Å². The lowest BCUT2D eigenvalue weighted by atomic mass is 10.2. The lowest BCUT2D eigenvalue weighted by Gasteiger charge is -2.28. The van der Waals surface area contributed by atoms with Crippen molar-refractivity contribution in [2.45, 2.75) is 44.7 Å². The molecule has 1 aliphatic carbocycles. The molecule has 1 aromatic heterocycles. The molecular weight excluding hydrogens is 280 g/mol. The van der Waals surface area contributed by atoms with Crippen LogP contribution in [0.4, 0.5) is 11.4 Å². The summed E-state index contributed by atoms with van der Waals surface area (Å²) in [5.41, 5.74) is 1.82. The third-order valence-corrected chi connectivity index (χ3v) is 4.23. The molecule has 1 fully saturated rings. The zero-order chi connectivity index (χ0) is 15.1. The molecule has 114 valence electrons. The molecule has 2 heterocycles. The molecule has 0 radical (unpaired) electrons. The average molecular weight is 298 g/mol. The van der Waals surface area contributed by atoms with Crippen LogP contribution < -0.4 is 10.2 Å². The minimum Gasteiger partial charge on any atom is -0.357 e. The second-order valence-corrected chi connectivity index (χ2v) is 6.07. The highest BCUT2D eigenvalue weighted by atomic mass is 16.5. The molecule has 0 bridgehead atoms. The van der Waals surface area contributed by atoms with Crippen LogP contribution >= 0.6 is 0 Å². The molecule has 22 heavy (non-hydrogen) atoms. The van der Waals surface area contributed by atoms with E-state index in [1.165, 1.54) is 0 Å². The van der Waals surface area contributed by atoms with Crippen molar-refractivity contribution in [1.29, 1.82) is 0 Å². The zero-order valence-electron chi connectivity index (χ0n) is 12.5. The summed E-state index contributed by atoms with van der Waals surface area (Å²) in [6, 6.07) is 7.89. The van der Waals surface area contributed by atoms with E-state index in [1.807, 2.05) is 31.2 Å². The number of nitrogens with one attached hydrogen (secondary N) is 1. The molecule has 2 aliphatic rings. The van der Waals surface area contributed by atoms with E-state index in [0.717, 1.165) is 30.0 Å². The van der Waals surface area contributed by atoms with Crippen molar-refractivity contribution in [1.82, 2.24) is 10.1 Å². The number of carbonyl (C=O) groups excluding carboxylic acids is 1. The highest BCUT2D eigenvalue weighted by Gasteiger charge is 2.30. The fraction of sp³-hybridized carbons (Fsp3) is 0.438. The van der Waals surface area contributed by atoms with E-state index in [4.69, 9.17) is 4.52 Å². The van der Waals surface area contributed by atoms with Gasteiger partial charge in [0.15, 0.2) is 5.82 Å². The largest absolute Gasteiger partial charge is 0.357 e. The van der Waals surface area contributed by atoms with Crippen LogP contribution in [0.1, 0.15) is 43.8 Å². The molecule has 4 rings (SSSR count). The summed E-state index contributed by atoms with van der Waals surface area (Å²) in [5, 5.41) is 7.02.